The van der Waals surface area contributed by atoms with Gasteiger partial charge in [0.25, 0.3) is 5.91 Å². The van der Waals surface area contributed by atoms with E-state index in [4.69, 9.17) is 11.6 Å². The highest BCUT2D eigenvalue weighted by molar-refractivity contribution is 7.20. The van der Waals surface area contributed by atoms with Gasteiger partial charge in [0, 0.05) is 12.2 Å². The van der Waals surface area contributed by atoms with Crippen LogP contribution in [0.1, 0.15) is 16.1 Å². The lowest BCUT2D eigenvalue weighted by molar-refractivity contribution is 0.0956. The van der Waals surface area contributed by atoms with Gasteiger partial charge in [-0.05, 0) is 51.3 Å². The normalized spacial score (nSPS) is 11.1. The van der Waals surface area contributed by atoms with Gasteiger partial charge in [0.1, 0.15) is 22.8 Å². The van der Waals surface area contributed by atoms with Gasteiger partial charge in [-0.1, -0.05) is 11.6 Å². The Labute approximate surface area is 165 Å². The molecule has 3 aromatic rings. The van der Waals surface area contributed by atoms with Gasteiger partial charge in [-0.25, -0.2) is 14.4 Å². The molecule has 0 fully saturated rings. The molecule has 1 aromatic carbocycles. The minimum atomic E-state index is -0.487. The summed E-state index contributed by atoms with van der Waals surface area (Å²) in [6, 6.07) is 6.09. The lowest BCUT2D eigenvalue weighted by Gasteiger charge is -2.09. The zero-order chi connectivity index (χ0) is 19.4. The van der Waals surface area contributed by atoms with E-state index < -0.39 is 5.82 Å². The molecule has 142 valence electrons. The fraction of sp³-hybridized carbons (Fsp3) is 0.278. The number of nitrogens with one attached hydrogen (secondary N) is 2. The first kappa shape index (κ1) is 19.5. The van der Waals surface area contributed by atoms with Crippen molar-refractivity contribution >= 4 is 50.6 Å². The van der Waals surface area contributed by atoms with Gasteiger partial charge >= 0.3 is 0 Å². The fourth-order valence-corrected chi connectivity index (χ4v) is 3.56. The molecule has 27 heavy (non-hydrogen) atoms. The Bertz CT molecular complexity index is 962. The Hall–Kier alpha value is -2.29. The van der Waals surface area contributed by atoms with Crippen LogP contribution < -0.4 is 10.6 Å². The van der Waals surface area contributed by atoms with Crippen molar-refractivity contribution in [2.24, 2.45) is 0 Å². The van der Waals surface area contributed by atoms with Gasteiger partial charge in [0.05, 0.1) is 15.3 Å². The molecule has 0 unspecified atom stereocenters. The Morgan fingerprint density at radius 3 is 2.85 bits per heavy atom. The number of hydrogen-bond donors (Lipinski definition) is 2. The third-order valence-electron chi connectivity index (χ3n) is 3.80. The van der Waals surface area contributed by atoms with Crippen LogP contribution in [0.5, 0.6) is 0 Å². The van der Waals surface area contributed by atoms with Crippen LogP contribution in [0.3, 0.4) is 0 Å². The van der Waals surface area contributed by atoms with E-state index in [0.717, 1.165) is 18.4 Å². The van der Waals surface area contributed by atoms with Crippen LogP contribution in [0.25, 0.3) is 10.2 Å². The first-order valence-electron chi connectivity index (χ1n) is 8.33. The highest BCUT2D eigenvalue weighted by atomic mass is 35.5. The molecular weight excluding hydrogens is 389 g/mol. The summed E-state index contributed by atoms with van der Waals surface area (Å²) >= 11 is 7.12. The average Bonchev–Trinajstić information content (AvgIpc) is 3.07. The Balaban J connectivity index is 1.76. The molecule has 2 N–H and O–H groups in total. The highest BCUT2D eigenvalue weighted by Gasteiger charge is 2.14. The van der Waals surface area contributed by atoms with E-state index in [0.29, 0.717) is 27.8 Å². The third kappa shape index (κ3) is 4.91. The predicted octanol–water partition coefficient (Wildman–Crippen LogP) is 3.91. The van der Waals surface area contributed by atoms with Crippen LogP contribution in [-0.2, 0) is 0 Å². The number of anilines is 2. The van der Waals surface area contributed by atoms with Gasteiger partial charge in [-0.15, -0.1) is 11.3 Å². The highest BCUT2D eigenvalue weighted by Crippen LogP contribution is 2.30. The van der Waals surface area contributed by atoms with Crippen molar-refractivity contribution in [3.63, 3.8) is 0 Å². The van der Waals surface area contributed by atoms with E-state index in [9.17, 15) is 9.18 Å². The van der Waals surface area contributed by atoms with Crippen molar-refractivity contribution in [1.82, 2.24) is 20.2 Å². The van der Waals surface area contributed by atoms with Crippen LogP contribution in [0, 0.1) is 5.82 Å². The van der Waals surface area contributed by atoms with Crippen LogP contribution in [0.4, 0.5) is 15.9 Å². The van der Waals surface area contributed by atoms with Crippen LogP contribution >= 0.6 is 22.9 Å². The molecule has 1 amide bonds. The van der Waals surface area contributed by atoms with E-state index in [1.807, 2.05) is 14.1 Å². The van der Waals surface area contributed by atoms with Gasteiger partial charge in [-0.2, -0.15) is 0 Å². The van der Waals surface area contributed by atoms with Crippen molar-refractivity contribution in [3.8, 4) is 0 Å². The summed E-state index contributed by atoms with van der Waals surface area (Å²) in [5, 5.41) is 6.76. The molecule has 9 heteroatoms. The summed E-state index contributed by atoms with van der Waals surface area (Å²) in [6.07, 6.45) is 2.30. The van der Waals surface area contributed by atoms with E-state index in [1.54, 1.807) is 12.1 Å². The summed E-state index contributed by atoms with van der Waals surface area (Å²) in [5.41, 5.74) is 0.599. The maximum atomic E-state index is 13.3. The summed E-state index contributed by atoms with van der Waals surface area (Å²) in [7, 11) is 3.99. The smallest absolute Gasteiger partial charge is 0.261 e. The maximum absolute atomic E-state index is 13.3. The van der Waals surface area contributed by atoms with Crippen molar-refractivity contribution in [2.75, 3.05) is 32.5 Å². The second-order valence-corrected chi connectivity index (χ2v) is 7.66. The SMILES string of the molecule is CN(C)CCCNC(=O)c1cc2c(Nc3ccc(F)c(Cl)c3)ncnc2s1. The van der Waals surface area contributed by atoms with Gasteiger partial charge in [0.2, 0.25) is 0 Å². The van der Waals surface area contributed by atoms with Crippen LogP contribution in [0.15, 0.2) is 30.6 Å². The minimum Gasteiger partial charge on any atom is -0.351 e. The number of amides is 1. The predicted molar refractivity (Wildman–Crippen MR) is 108 cm³/mol. The Kier molecular flexibility index (Phi) is 6.20. The standard InChI is InChI=1S/C18H19ClFN5OS/c1-25(2)7-3-6-21-17(26)15-9-12-16(22-10-23-18(12)27-15)24-11-4-5-14(20)13(19)8-11/h4-5,8-10H,3,6-7H2,1-2H3,(H,21,26)(H,22,23,24). The number of halogens is 2. The number of carbonyl (C=O) groups is 1. The quantitative estimate of drug-likeness (QED) is 0.581. The first-order valence-corrected chi connectivity index (χ1v) is 9.53. The number of fused-ring (bicyclic) bond motifs is 1. The molecule has 3 rings (SSSR count). The van der Waals surface area contributed by atoms with Gasteiger partial charge in [-0.3, -0.25) is 4.79 Å². The van der Waals surface area contributed by atoms with Crippen molar-refractivity contribution < 1.29 is 9.18 Å². The number of rotatable bonds is 7. The van der Waals surface area contributed by atoms with E-state index >= 15 is 0 Å². The Morgan fingerprint density at radius 1 is 1.30 bits per heavy atom. The topological polar surface area (TPSA) is 70.2 Å². The summed E-state index contributed by atoms with van der Waals surface area (Å²) in [5.74, 6) is -0.0862. The first-order chi connectivity index (χ1) is 12.9. The minimum absolute atomic E-state index is 0.0217. The summed E-state index contributed by atoms with van der Waals surface area (Å²) in [6.45, 7) is 1.52. The number of nitrogens with zero attached hydrogens (tertiary/aromatic N) is 3. The Morgan fingerprint density at radius 2 is 2.11 bits per heavy atom. The molecule has 0 radical (unpaired) electrons. The summed E-state index contributed by atoms with van der Waals surface area (Å²) in [4.78, 5) is 24.2. The molecule has 2 aromatic heterocycles. The zero-order valence-corrected chi connectivity index (χ0v) is 16.5. The fourth-order valence-electron chi connectivity index (χ4n) is 2.46. The number of aromatic nitrogens is 2. The molecule has 0 saturated carbocycles. The lowest BCUT2D eigenvalue weighted by atomic mass is 10.3. The molecule has 0 aliphatic heterocycles. The van der Waals surface area contributed by atoms with Crippen molar-refractivity contribution in [3.05, 3.63) is 46.3 Å². The third-order valence-corrected chi connectivity index (χ3v) is 5.13. The summed E-state index contributed by atoms with van der Waals surface area (Å²) < 4.78 is 13.3. The number of benzene rings is 1. The largest absolute Gasteiger partial charge is 0.351 e. The van der Waals surface area contributed by atoms with Gasteiger partial charge < -0.3 is 15.5 Å². The molecule has 6 nitrogen and oxygen atoms in total. The van der Waals surface area contributed by atoms with Crippen molar-refractivity contribution in [1.29, 1.82) is 0 Å². The second-order valence-electron chi connectivity index (χ2n) is 6.22. The molecule has 0 spiro atoms. The maximum Gasteiger partial charge on any atom is 0.261 e. The monoisotopic (exact) mass is 407 g/mol. The lowest BCUT2D eigenvalue weighted by Crippen LogP contribution is -2.26. The van der Waals surface area contributed by atoms with E-state index in [1.165, 1.54) is 29.8 Å². The van der Waals surface area contributed by atoms with Gasteiger partial charge in [0.15, 0.2) is 0 Å². The molecule has 0 aliphatic rings. The molecule has 0 bridgehead atoms. The number of carbonyl (C=O) groups excluding carboxylic acids is 1. The molecule has 0 aliphatic carbocycles. The zero-order valence-electron chi connectivity index (χ0n) is 14.9. The average molecular weight is 408 g/mol. The van der Waals surface area contributed by atoms with E-state index in [-0.39, 0.29) is 10.9 Å². The number of hydrogen-bond acceptors (Lipinski definition) is 6. The van der Waals surface area contributed by atoms with E-state index in [2.05, 4.69) is 25.5 Å². The molecule has 0 atom stereocenters. The van der Waals surface area contributed by atoms with Crippen LogP contribution in [0.2, 0.25) is 5.02 Å². The molecule has 0 saturated heterocycles. The molecule has 2 heterocycles. The second kappa shape index (κ2) is 8.60. The molecular formula is C18H19ClFN5OS. The number of thiophene rings is 1. The van der Waals surface area contributed by atoms with Crippen molar-refractivity contribution in [2.45, 2.75) is 6.42 Å². The van der Waals surface area contributed by atoms with Crippen LogP contribution in [-0.4, -0.2) is 48.0 Å².